The molecule has 0 spiro atoms. The van der Waals surface area contributed by atoms with E-state index in [1.54, 1.807) is 19.9 Å². The zero-order valence-electron chi connectivity index (χ0n) is 20.2. The highest BCUT2D eigenvalue weighted by Crippen LogP contribution is 2.40. The molecule has 0 N–H and O–H groups in total. The summed E-state index contributed by atoms with van der Waals surface area (Å²) in [5.74, 6) is -2.93. The van der Waals surface area contributed by atoms with Gasteiger partial charge in [0, 0.05) is 29.5 Å². The number of nitrogens with zero attached hydrogens (tertiary/aromatic N) is 2. The van der Waals surface area contributed by atoms with Crippen LogP contribution in [0.3, 0.4) is 0 Å². The monoisotopic (exact) mass is 476 g/mol. The fourth-order valence-electron chi connectivity index (χ4n) is 4.12. The molecule has 182 valence electrons. The average Bonchev–Trinajstić information content (AvgIpc) is 2.84. The molecule has 2 unspecified atom stereocenters. The Hall–Kier alpha value is -4.07. The van der Waals surface area contributed by atoms with Crippen molar-refractivity contribution in [2.24, 2.45) is 10.9 Å². The highest BCUT2D eigenvalue weighted by atomic mass is 16.6. The maximum absolute atomic E-state index is 13.2. The minimum atomic E-state index is -0.908. The number of methoxy groups -OCH3 is 1. The molecule has 8 heteroatoms. The van der Waals surface area contributed by atoms with Crippen LogP contribution in [0.1, 0.15) is 42.9 Å². The van der Waals surface area contributed by atoms with Crippen LogP contribution < -0.4 is 0 Å². The topological polar surface area (TPSA) is 108 Å². The van der Waals surface area contributed by atoms with Crippen LogP contribution in [0.4, 0.5) is 5.69 Å². The van der Waals surface area contributed by atoms with E-state index in [0.717, 1.165) is 5.56 Å². The summed E-state index contributed by atoms with van der Waals surface area (Å²) in [4.78, 5) is 41.1. The van der Waals surface area contributed by atoms with Crippen LogP contribution in [0.5, 0.6) is 0 Å². The van der Waals surface area contributed by atoms with E-state index in [2.05, 4.69) is 4.99 Å². The molecule has 1 aliphatic rings. The lowest BCUT2D eigenvalue weighted by atomic mass is 9.75. The molecule has 0 aliphatic carbocycles. The first-order valence-electron chi connectivity index (χ1n) is 11.2. The van der Waals surface area contributed by atoms with Crippen molar-refractivity contribution in [2.45, 2.75) is 33.1 Å². The Morgan fingerprint density at radius 3 is 2.49 bits per heavy atom. The Morgan fingerprint density at radius 2 is 1.83 bits per heavy atom. The summed E-state index contributed by atoms with van der Waals surface area (Å²) in [6, 6.07) is 13.9. The maximum atomic E-state index is 13.2. The summed E-state index contributed by atoms with van der Waals surface area (Å²) in [6.07, 6.45) is 4.36. The lowest BCUT2D eigenvalue weighted by Crippen LogP contribution is -2.36. The number of hydrogen-bond acceptors (Lipinski definition) is 7. The van der Waals surface area contributed by atoms with Gasteiger partial charge >= 0.3 is 11.9 Å². The van der Waals surface area contributed by atoms with Crippen LogP contribution in [-0.2, 0) is 19.1 Å². The molecule has 0 fully saturated rings. The summed E-state index contributed by atoms with van der Waals surface area (Å²) < 4.78 is 10.5. The molecule has 3 rings (SSSR count). The SMILES string of the molecule is COC(=O)C1C(C)=NC(C)=C(C(=O)OCCC=Cc2ccc(C)cc2)C1c1cccc([N+](=O)[O-])c1. The number of aryl methyl sites for hydroxylation is 1. The number of non-ortho nitro benzene ring substituents is 1. The average molecular weight is 477 g/mol. The molecule has 0 amide bonds. The lowest BCUT2D eigenvalue weighted by Gasteiger charge is -2.31. The van der Waals surface area contributed by atoms with Gasteiger partial charge in [0.15, 0.2) is 0 Å². The van der Waals surface area contributed by atoms with Crippen molar-refractivity contribution < 1.29 is 24.0 Å². The van der Waals surface area contributed by atoms with Gasteiger partial charge in [-0.05, 0) is 38.3 Å². The molecular formula is C27H28N2O6. The number of esters is 2. The van der Waals surface area contributed by atoms with Gasteiger partial charge in [0.2, 0.25) is 0 Å². The van der Waals surface area contributed by atoms with E-state index in [9.17, 15) is 19.7 Å². The third kappa shape index (κ3) is 6.09. The number of nitro groups is 1. The zero-order chi connectivity index (χ0) is 25.5. The summed E-state index contributed by atoms with van der Waals surface area (Å²) in [7, 11) is 1.25. The maximum Gasteiger partial charge on any atom is 0.336 e. The van der Waals surface area contributed by atoms with E-state index in [-0.39, 0.29) is 17.9 Å². The van der Waals surface area contributed by atoms with Gasteiger partial charge in [-0.15, -0.1) is 0 Å². The molecule has 1 heterocycles. The highest BCUT2D eigenvalue weighted by molar-refractivity contribution is 6.07. The van der Waals surface area contributed by atoms with E-state index in [0.29, 0.717) is 23.4 Å². The first-order valence-corrected chi connectivity index (χ1v) is 11.2. The van der Waals surface area contributed by atoms with Crippen molar-refractivity contribution in [2.75, 3.05) is 13.7 Å². The molecule has 0 bridgehead atoms. The quantitative estimate of drug-likeness (QED) is 0.225. The molecule has 0 saturated carbocycles. The van der Waals surface area contributed by atoms with Crippen molar-refractivity contribution in [1.82, 2.24) is 0 Å². The fraction of sp³-hybridized carbons (Fsp3) is 0.296. The Morgan fingerprint density at radius 1 is 1.11 bits per heavy atom. The minimum absolute atomic E-state index is 0.130. The van der Waals surface area contributed by atoms with E-state index in [4.69, 9.17) is 9.47 Å². The second-order valence-electron chi connectivity index (χ2n) is 8.32. The molecular weight excluding hydrogens is 448 g/mol. The van der Waals surface area contributed by atoms with Crippen molar-refractivity contribution >= 4 is 29.4 Å². The highest BCUT2D eigenvalue weighted by Gasteiger charge is 2.42. The standard InChI is InChI=1S/C27H28N2O6/c1-17-11-13-20(14-12-17)8-5-6-15-35-27(31)24-19(3)28-18(2)23(26(30)34-4)25(24)21-9-7-10-22(16-21)29(32)33/h5,7-14,16,23,25H,6,15H2,1-4H3. The lowest BCUT2D eigenvalue weighted by molar-refractivity contribution is -0.384. The first kappa shape index (κ1) is 25.6. The molecule has 0 aromatic heterocycles. The number of aliphatic imine (C=N–C) groups is 1. The van der Waals surface area contributed by atoms with Gasteiger partial charge in [0.1, 0.15) is 5.92 Å². The summed E-state index contributed by atoms with van der Waals surface area (Å²) in [5.41, 5.74) is 3.57. The number of benzene rings is 2. The molecule has 0 radical (unpaired) electrons. The molecule has 2 aromatic rings. The van der Waals surface area contributed by atoms with E-state index in [1.165, 1.54) is 30.9 Å². The predicted molar refractivity (Wildman–Crippen MR) is 133 cm³/mol. The summed E-state index contributed by atoms with van der Waals surface area (Å²) in [5, 5.41) is 11.4. The van der Waals surface area contributed by atoms with Gasteiger partial charge in [-0.25, -0.2) is 4.79 Å². The molecule has 35 heavy (non-hydrogen) atoms. The van der Waals surface area contributed by atoms with Crippen LogP contribution in [0.15, 0.2) is 70.9 Å². The smallest absolute Gasteiger partial charge is 0.336 e. The predicted octanol–water partition coefficient (Wildman–Crippen LogP) is 5.17. The summed E-state index contributed by atoms with van der Waals surface area (Å²) >= 11 is 0. The zero-order valence-corrected chi connectivity index (χ0v) is 20.2. The third-order valence-electron chi connectivity index (χ3n) is 5.85. The minimum Gasteiger partial charge on any atom is -0.468 e. The third-order valence-corrected chi connectivity index (χ3v) is 5.85. The largest absolute Gasteiger partial charge is 0.468 e. The number of carbonyl (C=O) groups excluding carboxylic acids is 2. The Balaban J connectivity index is 1.84. The number of carbonyl (C=O) groups is 2. The first-order chi connectivity index (χ1) is 16.7. The summed E-state index contributed by atoms with van der Waals surface area (Å²) in [6.45, 7) is 5.49. The van der Waals surface area contributed by atoms with Gasteiger partial charge in [-0.3, -0.25) is 19.9 Å². The molecule has 0 saturated heterocycles. The van der Waals surface area contributed by atoms with Gasteiger partial charge < -0.3 is 9.47 Å². The molecule has 8 nitrogen and oxygen atoms in total. The number of hydrogen-bond donors (Lipinski definition) is 0. The van der Waals surface area contributed by atoms with Crippen molar-refractivity contribution in [3.05, 3.63) is 92.7 Å². The molecule has 2 atom stereocenters. The number of allylic oxidation sites excluding steroid dienone is 1. The Labute approximate surface area is 204 Å². The Kier molecular flexibility index (Phi) is 8.30. The van der Waals surface area contributed by atoms with Gasteiger partial charge in [0.25, 0.3) is 5.69 Å². The van der Waals surface area contributed by atoms with Crippen LogP contribution >= 0.6 is 0 Å². The second kappa shape index (κ2) is 11.4. The van der Waals surface area contributed by atoms with Crippen LogP contribution in [0.25, 0.3) is 6.08 Å². The van der Waals surface area contributed by atoms with Crippen LogP contribution in [-0.4, -0.2) is 36.3 Å². The fourth-order valence-corrected chi connectivity index (χ4v) is 4.12. The number of ether oxygens (including phenoxy) is 2. The van der Waals surface area contributed by atoms with Crippen LogP contribution in [0, 0.1) is 23.0 Å². The van der Waals surface area contributed by atoms with E-state index >= 15 is 0 Å². The van der Waals surface area contributed by atoms with Gasteiger partial charge in [-0.2, -0.15) is 0 Å². The van der Waals surface area contributed by atoms with E-state index < -0.39 is 28.7 Å². The normalized spacial score (nSPS) is 17.8. The van der Waals surface area contributed by atoms with Crippen molar-refractivity contribution in [3.63, 3.8) is 0 Å². The molecule has 2 aromatic carbocycles. The van der Waals surface area contributed by atoms with Crippen LogP contribution in [0.2, 0.25) is 0 Å². The number of rotatable bonds is 8. The second-order valence-corrected chi connectivity index (χ2v) is 8.32. The van der Waals surface area contributed by atoms with Crippen molar-refractivity contribution in [1.29, 1.82) is 0 Å². The van der Waals surface area contributed by atoms with Gasteiger partial charge in [-0.1, -0.05) is 54.1 Å². The Bertz CT molecular complexity index is 1210. The van der Waals surface area contributed by atoms with Crippen molar-refractivity contribution in [3.8, 4) is 0 Å². The number of nitro benzene ring substituents is 1. The van der Waals surface area contributed by atoms with E-state index in [1.807, 2.05) is 43.3 Å². The van der Waals surface area contributed by atoms with Gasteiger partial charge in [0.05, 0.1) is 24.2 Å². The molecule has 1 aliphatic heterocycles.